The van der Waals surface area contributed by atoms with Gasteiger partial charge >= 0.3 is 0 Å². The van der Waals surface area contributed by atoms with Gasteiger partial charge in [0.2, 0.25) is 0 Å². The Morgan fingerprint density at radius 3 is 2.50 bits per heavy atom. The Balaban J connectivity index is 1.97. The van der Waals surface area contributed by atoms with Crippen LogP contribution in [0.15, 0.2) is 83.1 Å². The summed E-state index contributed by atoms with van der Waals surface area (Å²) in [5, 5.41) is 11.1. The maximum atomic E-state index is 13.1. The van der Waals surface area contributed by atoms with Crippen molar-refractivity contribution in [3.05, 3.63) is 94.2 Å². The van der Waals surface area contributed by atoms with Crippen molar-refractivity contribution in [2.75, 3.05) is 12.0 Å². The minimum Gasteiger partial charge on any atom is -0.507 e. The number of rotatable bonds is 4. The molecule has 4 rings (SSSR count). The third-order valence-electron chi connectivity index (χ3n) is 4.91. The molecule has 1 aromatic heterocycles. The van der Waals surface area contributed by atoms with Crippen LogP contribution in [0.3, 0.4) is 0 Å². The number of nitrogens with zero attached hydrogens (tertiary/aromatic N) is 2. The van der Waals surface area contributed by atoms with Crippen molar-refractivity contribution < 1.29 is 19.4 Å². The van der Waals surface area contributed by atoms with Crippen LogP contribution in [0.4, 0.5) is 5.69 Å². The molecule has 1 aliphatic heterocycles. The van der Waals surface area contributed by atoms with Crippen molar-refractivity contribution in [2.24, 2.45) is 0 Å². The monoisotopic (exact) mass is 464 g/mol. The molecule has 0 aliphatic carbocycles. The molecule has 0 bridgehead atoms. The van der Waals surface area contributed by atoms with E-state index in [0.29, 0.717) is 22.6 Å². The molecular weight excluding hydrogens is 448 g/mol. The predicted octanol–water partition coefficient (Wildman–Crippen LogP) is 4.48. The highest BCUT2D eigenvalue weighted by Gasteiger charge is 2.47. The van der Waals surface area contributed by atoms with Crippen molar-refractivity contribution in [3.8, 4) is 5.75 Å². The molecule has 6 nitrogen and oxygen atoms in total. The summed E-state index contributed by atoms with van der Waals surface area (Å²) in [7, 11) is 1.48. The lowest BCUT2D eigenvalue weighted by atomic mass is 9.95. The molecule has 7 heteroatoms. The summed E-state index contributed by atoms with van der Waals surface area (Å²) in [5.74, 6) is -1.37. The van der Waals surface area contributed by atoms with Crippen LogP contribution in [-0.2, 0) is 9.59 Å². The van der Waals surface area contributed by atoms with Gasteiger partial charge in [0, 0.05) is 22.6 Å². The number of carbonyl (C=O) groups is 2. The van der Waals surface area contributed by atoms with E-state index in [4.69, 9.17) is 4.74 Å². The molecule has 1 N–H and O–H groups in total. The minimum atomic E-state index is -0.813. The summed E-state index contributed by atoms with van der Waals surface area (Å²) in [6.07, 6.45) is 3.17. The van der Waals surface area contributed by atoms with E-state index in [9.17, 15) is 14.7 Å². The lowest BCUT2D eigenvalue weighted by molar-refractivity contribution is -0.132. The first-order valence-corrected chi connectivity index (χ1v) is 9.92. The molecule has 1 atom stereocenters. The molecule has 1 saturated heterocycles. The summed E-state index contributed by atoms with van der Waals surface area (Å²) in [6, 6.07) is 16.5. The molecule has 0 spiro atoms. The standard InChI is InChI=1S/C23H17BrN2O4/c1-30-18-8-3-2-7-17(18)21(27)19-20(14-9-11-25-12-10-14)26(23(29)22(19)28)16-6-4-5-15(24)13-16/h2-13,20,27H,1H3/b21-19+. The average Bonchev–Trinajstić information content (AvgIpc) is 3.04. The number of pyridine rings is 1. The fraction of sp³-hybridized carbons (Fsp3) is 0.0870. The Kier molecular flexibility index (Phi) is 5.37. The number of hydrogen-bond donors (Lipinski definition) is 1. The molecule has 0 radical (unpaired) electrons. The highest BCUT2D eigenvalue weighted by molar-refractivity contribution is 9.10. The number of hydrogen-bond acceptors (Lipinski definition) is 5. The average molecular weight is 465 g/mol. The molecule has 150 valence electrons. The summed E-state index contributed by atoms with van der Waals surface area (Å²) in [4.78, 5) is 31.6. The van der Waals surface area contributed by atoms with Crippen LogP contribution in [-0.4, -0.2) is 28.9 Å². The summed E-state index contributed by atoms with van der Waals surface area (Å²) < 4.78 is 6.10. The fourth-order valence-corrected chi connectivity index (χ4v) is 3.96. The van der Waals surface area contributed by atoms with E-state index in [1.807, 2.05) is 6.07 Å². The SMILES string of the molecule is COc1ccccc1/C(O)=C1\C(=O)C(=O)N(c2cccc(Br)c2)C1c1ccncc1. The molecular formula is C23H17BrN2O4. The number of anilines is 1. The number of aromatic nitrogens is 1. The van der Waals surface area contributed by atoms with Gasteiger partial charge in [-0.05, 0) is 48.0 Å². The van der Waals surface area contributed by atoms with Crippen molar-refractivity contribution in [1.82, 2.24) is 4.98 Å². The topological polar surface area (TPSA) is 79.7 Å². The van der Waals surface area contributed by atoms with Gasteiger partial charge in [-0.15, -0.1) is 0 Å². The normalized spacial score (nSPS) is 17.9. The number of ketones is 1. The lowest BCUT2D eigenvalue weighted by Crippen LogP contribution is -2.29. The highest BCUT2D eigenvalue weighted by Crippen LogP contribution is 2.43. The van der Waals surface area contributed by atoms with Gasteiger partial charge in [-0.3, -0.25) is 19.5 Å². The van der Waals surface area contributed by atoms with Gasteiger partial charge in [0.05, 0.1) is 24.3 Å². The zero-order chi connectivity index (χ0) is 21.3. The Labute approximate surface area is 181 Å². The lowest BCUT2D eigenvalue weighted by Gasteiger charge is -2.25. The predicted molar refractivity (Wildman–Crippen MR) is 116 cm³/mol. The molecule has 3 aromatic rings. The van der Waals surface area contributed by atoms with Gasteiger partial charge in [0.15, 0.2) is 0 Å². The molecule has 2 heterocycles. The number of benzene rings is 2. The number of ether oxygens (including phenoxy) is 1. The van der Waals surface area contributed by atoms with Gasteiger partial charge in [-0.2, -0.15) is 0 Å². The second kappa shape index (κ2) is 8.12. The van der Waals surface area contributed by atoms with E-state index < -0.39 is 17.7 Å². The minimum absolute atomic E-state index is 0.00400. The summed E-state index contributed by atoms with van der Waals surface area (Å²) >= 11 is 3.41. The van der Waals surface area contributed by atoms with Crippen molar-refractivity contribution >= 4 is 39.1 Å². The van der Waals surface area contributed by atoms with E-state index in [0.717, 1.165) is 4.47 Å². The maximum Gasteiger partial charge on any atom is 0.300 e. The van der Waals surface area contributed by atoms with E-state index in [1.165, 1.54) is 12.0 Å². The third-order valence-corrected chi connectivity index (χ3v) is 5.41. The highest BCUT2D eigenvalue weighted by atomic mass is 79.9. The number of aliphatic hydroxyl groups excluding tert-OH is 1. The second-order valence-corrected chi connectivity index (χ2v) is 7.55. The first-order valence-electron chi connectivity index (χ1n) is 9.13. The van der Waals surface area contributed by atoms with Crippen LogP contribution < -0.4 is 9.64 Å². The summed E-state index contributed by atoms with van der Waals surface area (Å²) in [5.41, 5.74) is 1.52. The Morgan fingerprint density at radius 2 is 1.80 bits per heavy atom. The smallest absolute Gasteiger partial charge is 0.300 e. The number of aliphatic hydroxyl groups is 1. The Bertz CT molecular complexity index is 1160. The number of amides is 1. The molecule has 1 aliphatic rings. The zero-order valence-electron chi connectivity index (χ0n) is 15.9. The number of para-hydroxylation sites is 1. The molecule has 30 heavy (non-hydrogen) atoms. The van der Waals surface area contributed by atoms with E-state index >= 15 is 0 Å². The first kappa shape index (κ1) is 19.8. The van der Waals surface area contributed by atoms with E-state index in [1.54, 1.807) is 67.0 Å². The van der Waals surface area contributed by atoms with E-state index in [2.05, 4.69) is 20.9 Å². The number of carbonyl (C=O) groups excluding carboxylic acids is 2. The maximum absolute atomic E-state index is 13.1. The van der Waals surface area contributed by atoms with Gasteiger partial charge in [0.1, 0.15) is 11.5 Å². The van der Waals surface area contributed by atoms with Crippen molar-refractivity contribution in [3.63, 3.8) is 0 Å². The van der Waals surface area contributed by atoms with Gasteiger partial charge < -0.3 is 9.84 Å². The van der Waals surface area contributed by atoms with Crippen LogP contribution in [0.25, 0.3) is 5.76 Å². The second-order valence-electron chi connectivity index (χ2n) is 6.63. The zero-order valence-corrected chi connectivity index (χ0v) is 17.5. The van der Waals surface area contributed by atoms with Crippen LogP contribution in [0.5, 0.6) is 5.75 Å². The molecule has 1 amide bonds. The van der Waals surface area contributed by atoms with Gasteiger partial charge in [0.25, 0.3) is 11.7 Å². The number of Topliss-reactive ketones (excluding diaryl/α,β-unsaturated/α-hetero) is 1. The van der Waals surface area contributed by atoms with Crippen LogP contribution >= 0.6 is 15.9 Å². The molecule has 1 unspecified atom stereocenters. The largest absolute Gasteiger partial charge is 0.507 e. The van der Waals surface area contributed by atoms with Crippen LogP contribution in [0, 0.1) is 0 Å². The molecule has 0 saturated carbocycles. The van der Waals surface area contributed by atoms with Crippen molar-refractivity contribution in [1.29, 1.82) is 0 Å². The van der Waals surface area contributed by atoms with Gasteiger partial charge in [-0.1, -0.05) is 34.1 Å². The number of halogens is 1. The molecule has 1 fully saturated rings. The Morgan fingerprint density at radius 1 is 1.07 bits per heavy atom. The first-order chi connectivity index (χ1) is 14.5. The van der Waals surface area contributed by atoms with Crippen LogP contribution in [0.1, 0.15) is 17.2 Å². The fourth-order valence-electron chi connectivity index (χ4n) is 3.57. The number of methoxy groups -OCH3 is 1. The molecule has 2 aromatic carbocycles. The quantitative estimate of drug-likeness (QED) is 0.349. The third kappa shape index (κ3) is 3.37. The van der Waals surface area contributed by atoms with Crippen molar-refractivity contribution in [2.45, 2.75) is 6.04 Å². The Hall–Kier alpha value is -3.45. The summed E-state index contributed by atoms with van der Waals surface area (Å²) in [6.45, 7) is 0. The van der Waals surface area contributed by atoms with E-state index in [-0.39, 0.29) is 11.3 Å². The van der Waals surface area contributed by atoms with Crippen LogP contribution in [0.2, 0.25) is 0 Å². The van der Waals surface area contributed by atoms with Gasteiger partial charge in [-0.25, -0.2) is 0 Å².